The van der Waals surface area contributed by atoms with Gasteiger partial charge in [0.05, 0.1) is 19.9 Å². The van der Waals surface area contributed by atoms with E-state index in [9.17, 15) is 9.36 Å². The fourth-order valence-corrected chi connectivity index (χ4v) is 4.79. The third-order valence-electron chi connectivity index (χ3n) is 3.43. The van der Waals surface area contributed by atoms with Crippen molar-refractivity contribution in [3.05, 3.63) is 48.0 Å². The molecule has 0 saturated heterocycles. The number of carbonyl (C=O) groups is 1. The van der Waals surface area contributed by atoms with Crippen LogP contribution in [0, 0.1) is 0 Å². The molecule has 4 heteroatoms. The van der Waals surface area contributed by atoms with Gasteiger partial charge in [0.1, 0.15) is 0 Å². The van der Waals surface area contributed by atoms with Crippen LogP contribution in [0.4, 0.5) is 0 Å². The summed E-state index contributed by atoms with van der Waals surface area (Å²) in [4.78, 5) is 11.8. The zero-order valence-electron chi connectivity index (χ0n) is 11.8. The topological polar surface area (TPSA) is 43.4 Å². The predicted molar refractivity (Wildman–Crippen MR) is 79.0 cm³/mol. The maximum atomic E-state index is 13.0. The molecule has 1 aromatic rings. The summed E-state index contributed by atoms with van der Waals surface area (Å²) in [7, 11) is -1.22. The van der Waals surface area contributed by atoms with E-state index < -0.39 is 18.8 Å². The molecular weight excluding hydrogens is 259 g/mol. The summed E-state index contributed by atoms with van der Waals surface area (Å²) in [5, 5.41) is 0. The number of hydrogen-bond donors (Lipinski definition) is 0. The van der Waals surface area contributed by atoms with Crippen molar-refractivity contribution in [2.75, 3.05) is 19.4 Å². The molecule has 0 fully saturated rings. The molecule has 0 amide bonds. The molecule has 1 aromatic carbocycles. The molecule has 0 unspecified atom stereocenters. The average Bonchev–Trinajstić information content (AvgIpc) is 2.47. The maximum absolute atomic E-state index is 13.0. The van der Waals surface area contributed by atoms with Crippen LogP contribution in [-0.4, -0.2) is 25.4 Å². The molecule has 0 aromatic heterocycles. The molecule has 0 radical (unpaired) electrons. The molecule has 1 rings (SSSR count). The van der Waals surface area contributed by atoms with Gasteiger partial charge in [0, 0.05) is 5.57 Å². The standard InChI is InChI=1S/C15H21O3P/c1-5-19(17,6-2)14(12(3)15(16)18-4)13-10-8-7-9-11-13/h7-11,14H,3,5-6H2,1-2,4H3/t14-/m0/s1. The zero-order valence-corrected chi connectivity index (χ0v) is 12.7. The Balaban J connectivity index is 3.31. The molecule has 0 heterocycles. The summed E-state index contributed by atoms with van der Waals surface area (Å²) in [5.74, 6) is -0.490. The van der Waals surface area contributed by atoms with E-state index in [2.05, 4.69) is 6.58 Å². The molecule has 0 saturated carbocycles. The molecule has 19 heavy (non-hydrogen) atoms. The van der Waals surface area contributed by atoms with Gasteiger partial charge in [-0.3, -0.25) is 0 Å². The number of rotatable bonds is 6. The molecule has 0 N–H and O–H groups in total. The van der Waals surface area contributed by atoms with Gasteiger partial charge in [-0.25, -0.2) is 4.79 Å². The van der Waals surface area contributed by atoms with E-state index >= 15 is 0 Å². The van der Waals surface area contributed by atoms with Crippen LogP contribution in [0.3, 0.4) is 0 Å². The van der Waals surface area contributed by atoms with Gasteiger partial charge in [0.2, 0.25) is 0 Å². The molecule has 0 aliphatic heterocycles. The van der Waals surface area contributed by atoms with E-state index in [4.69, 9.17) is 4.74 Å². The molecule has 0 bridgehead atoms. The molecule has 0 spiro atoms. The lowest BCUT2D eigenvalue weighted by Crippen LogP contribution is -2.15. The smallest absolute Gasteiger partial charge is 0.334 e. The number of hydrogen-bond acceptors (Lipinski definition) is 3. The monoisotopic (exact) mass is 280 g/mol. The lowest BCUT2D eigenvalue weighted by molar-refractivity contribution is -0.136. The number of carbonyl (C=O) groups excluding carboxylic acids is 1. The van der Waals surface area contributed by atoms with Crippen molar-refractivity contribution in [3.8, 4) is 0 Å². The number of methoxy groups -OCH3 is 1. The summed E-state index contributed by atoms with van der Waals surface area (Å²) in [5.41, 5.74) is 0.696. The Bertz CT molecular complexity index is 485. The second-order valence-corrected chi connectivity index (χ2v) is 8.10. The van der Waals surface area contributed by atoms with Gasteiger partial charge < -0.3 is 9.30 Å². The van der Waals surface area contributed by atoms with E-state index in [1.54, 1.807) is 0 Å². The van der Waals surface area contributed by atoms with Gasteiger partial charge in [0.25, 0.3) is 0 Å². The minimum Gasteiger partial charge on any atom is -0.466 e. The highest BCUT2D eigenvalue weighted by Crippen LogP contribution is 2.61. The van der Waals surface area contributed by atoms with E-state index in [0.717, 1.165) is 5.56 Å². The molecule has 0 aliphatic rings. The van der Waals surface area contributed by atoms with E-state index in [1.807, 2.05) is 44.2 Å². The second kappa shape index (κ2) is 6.72. The van der Waals surface area contributed by atoms with Gasteiger partial charge in [0.15, 0.2) is 0 Å². The predicted octanol–water partition coefficient (Wildman–Crippen LogP) is 3.86. The van der Waals surface area contributed by atoms with Crippen molar-refractivity contribution < 1.29 is 14.1 Å². The van der Waals surface area contributed by atoms with Gasteiger partial charge in [-0.05, 0) is 17.9 Å². The van der Waals surface area contributed by atoms with E-state index in [0.29, 0.717) is 12.3 Å². The summed E-state index contributed by atoms with van der Waals surface area (Å²) in [6, 6.07) is 9.42. The molecule has 0 aliphatic carbocycles. The zero-order chi connectivity index (χ0) is 14.5. The summed E-state index contributed by atoms with van der Waals surface area (Å²) < 4.78 is 17.8. The molecule has 1 atom stereocenters. The van der Waals surface area contributed by atoms with Crippen molar-refractivity contribution in [2.24, 2.45) is 0 Å². The third-order valence-corrected chi connectivity index (χ3v) is 7.13. The van der Waals surface area contributed by atoms with Crippen LogP contribution in [0.2, 0.25) is 0 Å². The van der Waals surface area contributed by atoms with Crippen LogP contribution in [-0.2, 0) is 14.1 Å². The first-order valence-corrected chi connectivity index (χ1v) is 8.54. The Morgan fingerprint density at radius 3 is 2.21 bits per heavy atom. The Morgan fingerprint density at radius 2 is 1.79 bits per heavy atom. The van der Waals surface area contributed by atoms with Crippen LogP contribution in [0.1, 0.15) is 25.1 Å². The van der Waals surface area contributed by atoms with Crippen LogP contribution >= 0.6 is 7.14 Å². The lowest BCUT2D eigenvalue weighted by atomic mass is 10.1. The van der Waals surface area contributed by atoms with Crippen LogP contribution in [0.15, 0.2) is 42.5 Å². The highest BCUT2D eigenvalue weighted by atomic mass is 31.2. The van der Waals surface area contributed by atoms with E-state index in [-0.39, 0.29) is 5.57 Å². The van der Waals surface area contributed by atoms with Crippen molar-refractivity contribution in [1.82, 2.24) is 0 Å². The summed E-state index contributed by atoms with van der Waals surface area (Å²) in [6.07, 6.45) is 1.08. The van der Waals surface area contributed by atoms with Crippen LogP contribution < -0.4 is 0 Å². The van der Waals surface area contributed by atoms with Crippen molar-refractivity contribution in [3.63, 3.8) is 0 Å². The quantitative estimate of drug-likeness (QED) is 0.451. The molecule has 3 nitrogen and oxygen atoms in total. The Hall–Kier alpha value is -1.34. The Labute approximate surface area is 115 Å². The number of ether oxygens (including phenoxy) is 1. The molecular formula is C15H21O3P. The largest absolute Gasteiger partial charge is 0.466 e. The third kappa shape index (κ3) is 3.36. The van der Waals surface area contributed by atoms with Crippen molar-refractivity contribution >= 4 is 13.1 Å². The van der Waals surface area contributed by atoms with Crippen molar-refractivity contribution in [1.29, 1.82) is 0 Å². The van der Waals surface area contributed by atoms with Gasteiger partial charge in [-0.1, -0.05) is 50.8 Å². The first-order chi connectivity index (χ1) is 9.00. The summed E-state index contributed by atoms with van der Waals surface area (Å²) in [6.45, 7) is 7.60. The minimum absolute atomic E-state index is 0.278. The van der Waals surface area contributed by atoms with Crippen molar-refractivity contribution in [2.45, 2.75) is 19.5 Å². The highest BCUT2D eigenvalue weighted by molar-refractivity contribution is 7.64. The lowest BCUT2D eigenvalue weighted by Gasteiger charge is -2.27. The highest BCUT2D eigenvalue weighted by Gasteiger charge is 2.36. The van der Waals surface area contributed by atoms with Gasteiger partial charge >= 0.3 is 5.97 Å². The summed E-state index contributed by atoms with van der Waals surface area (Å²) >= 11 is 0. The van der Waals surface area contributed by atoms with Gasteiger partial charge in [-0.2, -0.15) is 0 Å². The van der Waals surface area contributed by atoms with E-state index in [1.165, 1.54) is 7.11 Å². The second-order valence-electron chi connectivity index (χ2n) is 4.41. The van der Waals surface area contributed by atoms with Gasteiger partial charge in [-0.15, -0.1) is 0 Å². The first kappa shape index (κ1) is 15.7. The SMILES string of the molecule is C=C(C(=O)OC)[C@@H](c1ccccc1)P(=O)(CC)CC. The Morgan fingerprint density at radius 1 is 1.26 bits per heavy atom. The molecule has 104 valence electrons. The number of benzene rings is 1. The maximum Gasteiger partial charge on any atom is 0.334 e. The van der Waals surface area contributed by atoms with Crippen LogP contribution in [0.25, 0.3) is 0 Å². The average molecular weight is 280 g/mol. The van der Waals surface area contributed by atoms with Crippen LogP contribution in [0.5, 0.6) is 0 Å². The fourth-order valence-electron chi connectivity index (χ4n) is 2.22. The normalized spacial score (nSPS) is 12.8. The minimum atomic E-state index is -2.54. The Kier molecular flexibility index (Phi) is 5.56. The fraction of sp³-hybridized carbons (Fsp3) is 0.400. The number of esters is 1. The first-order valence-electron chi connectivity index (χ1n) is 6.40.